The van der Waals surface area contributed by atoms with Crippen LogP contribution >= 0.6 is 0 Å². The molecule has 1 atom stereocenters. The molecule has 0 aromatic rings. The van der Waals surface area contributed by atoms with Crippen LogP contribution in [0.4, 0.5) is 0 Å². The van der Waals surface area contributed by atoms with Gasteiger partial charge in [-0.05, 0) is 25.7 Å². The van der Waals surface area contributed by atoms with Crippen LogP contribution in [-0.2, 0) is 9.59 Å². The molecule has 4 N–H and O–H groups in total. The van der Waals surface area contributed by atoms with Gasteiger partial charge in [0.2, 0.25) is 5.91 Å². The van der Waals surface area contributed by atoms with Gasteiger partial charge in [0, 0.05) is 13.1 Å². The van der Waals surface area contributed by atoms with Gasteiger partial charge in [0.1, 0.15) is 0 Å². The van der Waals surface area contributed by atoms with Crippen molar-refractivity contribution in [3.05, 3.63) is 0 Å². The van der Waals surface area contributed by atoms with Gasteiger partial charge in [0.05, 0.1) is 11.3 Å². The Hall–Kier alpha value is -1.10. The Labute approximate surface area is 95.4 Å². The molecule has 5 heteroatoms. The van der Waals surface area contributed by atoms with E-state index in [-0.39, 0.29) is 17.2 Å². The molecule has 1 rings (SSSR count). The first-order valence-electron chi connectivity index (χ1n) is 5.73. The number of carbonyl (C=O) groups is 2. The lowest BCUT2D eigenvalue weighted by molar-refractivity contribution is -0.141. The van der Waals surface area contributed by atoms with Crippen LogP contribution < -0.4 is 11.1 Å². The van der Waals surface area contributed by atoms with Crippen LogP contribution in [0.2, 0.25) is 0 Å². The molecular weight excluding hydrogens is 208 g/mol. The molecule has 0 spiro atoms. The fourth-order valence-corrected chi connectivity index (χ4v) is 1.60. The highest BCUT2D eigenvalue weighted by Gasteiger charge is 2.48. The highest BCUT2D eigenvalue weighted by molar-refractivity contribution is 5.85. The fourth-order valence-electron chi connectivity index (χ4n) is 1.60. The van der Waals surface area contributed by atoms with Gasteiger partial charge >= 0.3 is 5.97 Å². The standard InChI is InChI=1S/C11H20N2O3/c1-8(9(14)15)3-2-6-13-10(16)11(7-12)4-5-11/h8H,2-7,12H2,1H3,(H,13,16)(H,14,15). The van der Waals surface area contributed by atoms with Gasteiger partial charge in [-0.3, -0.25) is 9.59 Å². The van der Waals surface area contributed by atoms with Crippen molar-refractivity contribution in [2.45, 2.75) is 32.6 Å². The monoisotopic (exact) mass is 228 g/mol. The minimum atomic E-state index is -0.785. The summed E-state index contributed by atoms with van der Waals surface area (Å²) < 4.78 is 0. The number of carbonyl (C=O) groups excluding carboxylic acids is 1. The van der Waals surface area contributed by atoms with Crippen LogP contribution in [0.25, 0.3) is 0 Å². The summed E-state index contributed by atoms with van der Waals surface area (Å²) in [7, 11) is 0. The SMILES string of the molecule is CC(CCCNC(=O)C1(CN)CC1)C(=O)O. The van der Waals surface area contributed by atoms with E-state index in [4.69, 9.17) is 10.8 Å². The van der Waals surface area contributed by atoms with Crippen LogP contribution in [0, 0.1) is 11.3 Å². The van der Waals surface area contributed by atoms with Crippen LogP contribution in [0.3, 0.4) is 0 Å². The lowest BCUT2D eigenvalue weighted by atomic mass is 10.1. The molecule has 1 unspecified atom stereocenters. The van der Waals surface area contributed by atoms with Gasteiger partial charge in [-0.2, -0.15) is 0 Å². The summed E-state index contributed by atoms with van der Waals surface area (Å²) in [6.45, 7) is 2.62. The van der Waals surface area contributed by atoms with Crippen molar-refractivity contribution in [2.24, 2.45) is 17.1 Å². The lowest BCUT2D eigenvalue weighted by Gasteiger charge is -2.13. The van der Waals surface area contributed by atoms with Crippen molar-refractivity contribution in [3.8, 4) is 0 Å². The predicted molar refractivity (Wildman–Crippen MR) is 59.8 cm³/mol. The normalized spacial score (nSPS) is 18.9. The Morgan fingerprint density at radius 3 is 2.56 bits per heavy atom. The second-order valence-electron chi connectivity index (χ2n) is 4.62. The minimum absolute atomic E-state index is 0.0259. The van der Waals surface area contributed by atoms with Crippen molar-refractivity contribution in [1.29, 1.82) is 0 Å². The predicted octanol–water partition coefficient (Wildman–Crippen LogP) is 0.342. The minimum Gasteiger partial charge on any atom is -0.481 e. The van der Waals surface area contributed by atoms with Crippen LogP contribution in [0.5, 0.6) is 0 Å². The third kappa shape index (κ3) is 3.20. The van der Waals surface area contributed by atoms with Gasteiger partial charge in [-0.25, -0.2) is 0 Å². The fraction of sp³-hybridized carbons (Fsp3) is 0.818. The first-order chi connectivity index (χ1) is 7.52. The Morgan fingerprint density at radius 1 is 1.50 bits per heavy atom. The number of amides is 1. The Kier molecular flexibility index (Phi) is 4.29. The van der Waals surface area contributed by atoms with Crippen molar-refractivity contribution < 1.29 is 14.7 Å². The van der Waals surface area contributed by atoms with E-state index in [1.807, 2.05) is 0 Å². The summed E-state index contributed by atoms with van der Waals surface area (Å²) >= 11 is 0. The Morgan fingerprint density at radius 2 is 2.12 bits per heavy atom. The molecule has 0 aliphatic heterocycles. The van der Waals surface area contributed by atoms with Gasteiger partial charge in [0.15, 0.2) is 0 Å². The van der Waals surface area contributed by atoms with Gasteiger partial charge < -0.3 is 16.2 Å². The highest BCUT2D eigenvalue weighted by Crippen LogP contribution is 2.44. The highest BCUT2D eigenvalue weighted by atomic mass is 16.4. The van der Waals surface area contributed by atoms with E-state index in [0.29, 0.717) is 25.9 Å². The summed E-state index contributed by atoms with van der Waals surface area (Å²) in [5, 5.41) is 11.5. The molecule has 0 aromatic carbocycles. The molecule has 0 heterocycles. The maximum atomic E-state index is 11.6. The molecular formula is C11H20N2O3. The quantitative estimate of drug-likeness (QED) is 0.548. The first kappa shape index (κ1) is 13.0. The van der Waals surface area contributed by atoms with Crippen molar-refractivity contribution in [3.63, 3.8) is 0 Å². The maximum absolute atomic E-state index is 11.6. The van der Waals surface area contributed by atoms with E-state index in [1.165, 1.54) is 0 Å². The molecule has 16 heavy (non-hydrogen) atoms. The summed E-state index contributed by atoms with van der Waals surface area (Å²) in [5.41, 5.74) is 5.22. The van der Waals surface area contributed by atoms with Crippen LogP contribution in [0.1, 0.15) is 32.6 Å². The molecule has 0 bridgehead atoms. The Bertz CT molecular complexity index is 274. The summed E-state index contributed by atoms with van der Waals surface area (Å²) in [4.78, 5) is 22.2. The third-order valence-corrected chi connectivity index (χ3v) is 3.25. The second kappa shape index (κ2) is 5.30. The molecule has 0 saturated heterocycles. The maximum Gasteiger partial charge on any atom is 0.306 e. The van der Waals surface area contributed by atoms with E-state index in [2.05, 4.69) is 5.32 Å². The summed E-state index contributed by atoms with van der Waals surface area (Å²) in [6, 6.07) is 0. The smallest absolute Gasteiger partial charge is 0.306 e. The number of nitrogens with two attached hydrogens (primary N) is 1. The number of hydrogen-bond donors (Lipinski definition) is 3. The van der Waals surface area contributed by atoms with Gasteiger partial charge in [-0.15, -0.1) is 0 Å². The second-order valence-corrected chi connectivity index (χ2v) is 4.62. The van der Waals surface area contributed by atoms with Crippen LogP contribution in [0.15, 0.2) is 0 Å². The largest absolute Gasteiger partial charge is 0.481 e. The summed E-state index contributed by atoms with van der Waals surface area (Å²) in [5.74, 6) is -1.11. The number of carboxylic acids is 1. The van der Waals surface area contributed by atoms with Crippen LogP contribution in [-0.4, -0.2) is 30.1 Å². The van der Waals surface area contributed by atoms with Crippen molar-refractivity contribution in [2.75, 3.05) is 13.1 Å². The van der Waals surface area contributed by atoms with Gasteiger partial charge in [0.25, 0.3) is 0 Å². The molecule has 1 saturated carbocycles. The average molecular weight is 228 g/mol. The molecule has 1 fully saturated rings. The number of aliphatic carboxylic acids is 1. The molecule has 1 aliphatic rings. The number of carboxylic acid groups (broad SMARTS) is 1. The lowest BCUT2D eigenvalue weighted by Crippen LogP contribution is -2.37. The third-order valence-electron chi connectivity index (χ3n) is 3.25. The van der Waals surface area contributed by atoms with Crippen molar-refractivity contribution in [1.82, 2.24) is 5.32 Å². The Balaban J connectivity index is 2.12. The van der Waals surface area contributed by atoms with E-state index in [1.54, 1.807) is 6.92 Å². The zero-order valence-electron chi connectivity index (χ0n) is 9.66. The van der Waals surface area contributed by atoms with E-state index in [9.17, 15) is 9.59 Å². The molecule has 1 aliphatic carbocycles. The van der Waals surface area contributed by atoms with Gasteiger partial charge in [-0.1, -0.05) is 6.92 Å². The number of nitrogens with one attached hydrogen (secondary N) is 1. The first-order valence-corrected chi connectivity index (χ1v) is 5.73. The zero-order valence-corrected chi connectivity index (χ0v) is 9.66. The number of hydrogen-bond acceptors (Lipinski definition) is 3. The zero-order chi connectivity index (χ0) is 12.2. The van der Waals surface area contributed by atoms with E-state index < -0.39 is 5.97 Å². The van der Waals surface area contributed by atoms with E-state index >= 15 is 0 Å². The number of rotatable bonds is 7. The molecule has 1 amide bonds. The molecule has 92 valence electrons. The molecule has 0 radical (unpaired) electrons. The molecule has 5 nitrogen and oxygen atoms in total. The topological polar surface area (TPSA) is 92.4 Å². The average Bonchev–Trinajstić information content (AvgIpc) is 3.04. The van der Waals surface area contributed by atoms with E-state index in [0.717, 1.165) is 12.8 Å². The van der Waals surface area contributed by atoms with Crippen molar-refractivity contribution >= 4 is 11.9 Å². The molecule has 0 aromatic heterocycles. The summed E-state index contributed by atoms with van der Waals surface area (Å²) in [6.07, 6.45) is 3.03.